The number of nitrogens with zero attached hydrogens (tertiary/aromatic N) is 1. The maximum absolute atomic E-state index is 13.6. The van der Waals surface area contributed by atoms with Gasteiger partial charge in [-0.2, -0.15) is 13.2 Å². The Morgan fingerprint density at radius 2 is 1.78 bits per heavy atom. The van der Waals surface area contributed by atoms with Gasteiger partial charge in [-0.3, -0.25) is 4.79 Å². The van der Waals surface area contributed by atoms with E-state index >= 15 is 0 Å². The number of aromatic nitrogens is 1. The molecule has 1 aromatic carbocycles. The zero-order valence-corrected chi connectivity index (χ0v) is 18.5. The number of amides is 1. The van der Waals surface area contributed by atoms with Gasteiger partial charge in [-0.1, -0.05) is 30.3 Å². The standard InChI is InChI=1S/C24H27F3N2O3/c1-15-14-20(18(4)29(15)17(3)19-8-6-5-7-9-19)22(30)28-13-12-23(31,24(25,26)27)21-11-10-16(2)32-21/h5-11,14,17,31H,12-13H2,1-4H3,(H,28,30)/t17-,23-/m0/s1. The first-order valence-electron chi connectivity index (χ1n) is 10.3. The molecule has 0 saturated heterocycles. The fourth-order valence-corrected chi connectivity index (χ4v) is 4.00. The Bertz CT molecular complexity index is 1090. The monoisotopic (exact) mass is 448 g/mol. The van der Waals surface area contributed by atoms with Crippen LogP contribution in [0, 0.1) is 20.8 Å². The SMILES string of the molecule is Cc1ccc([C@@](O)(CCNC(=O)c2cc(C)n([C@@H](C)c3ccccc3)c2C)C(F)(F)F)o1. The van der Waals surface area contributed by atoms with Crippen LogP contribution in [0.5, 0.6) is 0 Å². The molecule has 3 aromatic rings. The van der Waals surface area contributed by atoms with Crippen LogP contribution in [-0.2, 0) is 5.60 Å². The number of furan rings is 1. The Labute approximate surface area is 184 Å². The first-order valence-corrected chi connectivity index (χ1v) is 10.3. The zero-order chi connectivity index (χ0) is 23.7. The van der Waals surface area contributed by atoms with Crippen molar-refractivity contribution in [2.75, 3.05) is 6.54 Å². The molecule has 0 saturated carbocycles. The molecule has 0 fully saturated rings. The predicted molar refractivity (Wildman–Crippen MR) is 115 cm³/mol. The van der Waals surface area contributed by atoms with E-state index in [1.54, 1.807) is 13.0 Å². The van der Waals surface area contributed by atoms with Crippen molar-refractivity contribution in [3.63, 3.8) is 0 Å². The smallest absolute Gasteiger partial charge is 0.424 e. The molecule has 0 radical (unpaired) electrons. The molecular weight excluding hydrogens is 421 g/mol. The van der Waals surface area contributed by atoms with Crippen LogP contribution in [0.25, 0.3) is 0 Å². The van der Waals surface area contributed by atoms with Crippen molar-refractivity contribution in [1.29, 1.82) is 0 Å². The van der Waals surface area contributed by atoms with E-state index in [2.05, 4.69) is 5.32 Å². The highest BCUT2D eigenvalue weighted by Crippen LogP contribution is 2.42. The maximum Gasteiger partial charge on any atom is 0.424 e. The molecule has 0 aliphatic rings. The molecule has 2 aromatic heterocycles. The number of aliphatic hydroxyl groups is 1. The zero-order valence-electron chi connectivity index (χ0n) is 18.5. The number of aryl methyl sites for hydroxylation is 2. The van der Waals surface area contributed by atoms with Gasteiger partial charge < -0.3 is 19.4 Å². The summed E-state index contributed by atoms with van der Waals surface area (Å²) in [5.41, 5.74) is -0.154. The molecule has 5 nitrogen and oxygen atoms in total. The molecule has 2 heterocycles. The largest absolute Gasteiger partial charge is 0.463 e. The number of nitrogens with one attached hydrogen (secondary N) is 1. The van der Waals surface area contributed by atoms with E-state index in [4.69, 9.17) is 4.42 Å². The first kappa shape index (κ1) is 23.7. The molecule has 0 bridgehead atoms. The van der Waals surface area contributed by atoms with E-state index < -0.39 is 29.9 Å². The molecule has 2 N–H and O–H groups in total. The minimum absolute atomic E-state index is 0.0183. The molecule has 1 amide bonds. The highest BCUT2D eigenvalue weighted by atomic mass is 19.4. The van der Waals surface area contributed by atoms with Gasteiger partial charge in [0.1, 0.15) is 11.5 Å². The third-order valence-electron chi connectivity index (χ3n) is 5.79. The Morgan fingerprint density at radius 1 is 1.12 bits per heavy atom. The Hall–Kier alpha value is -3.00. The number of carbonyl (C=O) groups excluding carboxylic acids is 1. The van der Waals surface area contributed by atoms with Crippen molar-refractivity contribution >= 4 is 5.91 Å². The van der Waals surface area contributed by atoms with E-state index in [1.807, 2.05) is 48.7 Å². The molecule has 2 atom stereocenters. The lowest BCUT2D eigenvalue weighted by molar-refractivity contribution is -0.274. The summed E-state index contributed by atoms with van der Waals surface area (Å²) in [5, 5.41) is 12.9. The quantitative estimate of drug-likeness (QED) is 0.523. The molecule has 8 heteroatoms. The van der Waals surface area contributed by atoms with Crippen molar-refractivity contribution in [3.05, 3.63) is 82.6 Å². The average molecular weight is 448 g/mol. The van der Waals surface area contributed by atoms with Crippen LogP contribution in [0.2, 0.25) is 0 Å². The fourth-order valence-electron chi connectivity index (χ4n) is 4.00. The first-order chi connectivity index (χ1) is 15.0. The number of benzene rings is 1. The lowest BCUT2D eigenvalue weighted by atomic mass is 9.95. The lowest BCUT2D eigenvalue weighted by Crippen LogP contribution is -2.44. The van der Waals surface area contributed by atoms with Gasteiger partial charge in [-0.25, -0.2) is 0 Å². The third-order valence-corrected chi connectivity index (χ3v) is 5.79. The highest BCUT2D eigenvalue weighted by Gasteiger charge is 2.56. The molecule has 0 unspecified atom stereocenters. The minimum Gasteiger partial charge on any atom is -0.463 e. The van der Waals surface area contributed by atoms with E-state index in [0.717, 1.165) is 17.3 Å². The summed E-state index contributed by atoms with van der Waals surface area (Å²) in [6.07, 6.45) is -5.72. The number of hydrogen-bond donors (Lipinski definition) is 2. The van der Waals surface area contributed by atoms with Gasteiger partial charge >= 0.3 is 6.18 Å². The van der Waals surface area contributed by atoms with Crippen molar-refractivity contribution in [3.8, 4) is 0 Å². The van der Waals surface area contributed by atoms with Crippen LogP contribution >= 0.6 is 0 Å². The molecule has 0 aliphatic carbocycles. The number of halogens is 3. The van der Waals surface area contributed by atoms with Gasteiger partial charge in [-0.05, 0) is 51.5 Å². The summed E-state index contributed by atoms with van der Waals surface area (Å²) >= 11 is 0. The normalized spacial score (nSPS) is 14.8. The van der Waals surface area contributed by atoms with Crippen LogP contribution in [0.4, 0.5) is 13.2 Å². The van der Waals surface area contributed by atoms with Crippen LogP contribution in [0.15, 0.2) is 52.9 Å². The molecule has 172 valence electrons. The molecule has 0 spiro atoms. The van der Waals surface area contributed by atoms with Gasteiger partial charge in [0.2, 0.25) is 5.60 Å². The predicted octanol–water partition coefficient (Wildman–Crippen LogP) is 5.19. The summed E-state index contributed by atoms with van der Waals surface area (Å²) in [4.78, 5) is 12.8. The maximum atomic E-state index is 13.6. The average Bonchev–Trinajstić information content (AvgIpc) is 3.30. The van der Waals surface area contributed by atoms with E-state index in [1.165, 1.54) is 13.0 Å². The second-order valence-electron chi connectivity index (χ2n) is 8.02. The number of hydrogen-bond acceptors (Lipinski definition) is 3. The Kier molecular flexibility index (Phi) is 6.55. The minimum atomic E-state index is -4.96. The van der Waals surface area contributed by atoms with Gasteiger partial charge in [0.15, 0.2) is 0 Å². The molecular formula is C24H27F3N2O3. The number of rotatable bonds is 7. The fraction of sp³-hybridized carbons (Fsp3) is 0.375. The number of alkyl halides is 3. The highest BCUT2D eigenvalue weighted by molar-refractivity contribution is 5.95. The molecule has 0 aliphatic heterocycles. The Morgan fingerprint density at radius 3 is 2.34 bits per heavy atom. The van der Waals surface area contributed by atoms with Gasteiger partial charge in [0.05, 0.1) is 11.6 Å². The van der Waals surface area contributed by atoms with E-state index in [-0.39, 0.29) is 18.3 Å². The van der Waals surface area contributed by atoms with Gasteiger partial charge in [0, 0.05) is 24.4 Å². The second kappa shape index (κ2) is 8.86. The van der Waals surface area contributed by atoms with Crippen molar-refractivity contribution < 1.29 is 27.5 Å². The van der Waals surface area contributed by atoms with Crippen LogP contribution in [-0.4, -0.2) is 28.3 Å². The van der Waals surface area contributed by atoms with Crippen LogP contribution < -0.4 is 5.32 Å². The third kappa shape index (κ3) is 4.46. The van der Waals surface area contributed by atoms with Gasteiger partial charge in [-0.15, -0.1) is 0 Å². The summed E-state index contributed by atoms with van der Waals surface area (Å²) in [6, 6.07) is 14.0. The van der Waals surface area contributed by atoms with E-state index in [9.17, 15) is 23.1 Å². The topological polar surface area (TPSA) is 67.4 Å². The van der Waals surface area contributed by atoms with Crippen molar-refractivity contribution in [2.45, 2.75) is 51.9 Å². The van der Waals surface area contributed by atoms with Crippen LogP contribution in [0.3, 0.4) is 0 Å². The van der Waals surface area contributed by atoms with Crippen LogP contribution in [0.1, 0.15) is 58.2 Å². The number of carbonyl (C=O) groups is 1. The van der Waals surface area contributed by atoms with E-state index in [0.29, 0.717) is 11.3 Å². The summed E-state index contributed by atoms with van der Waals surface area (Å²) in [6.45, 7) is 6.82. The Balaban J connectivity index is 1.75. The lowest BCUT2D eigenvalue weighted by Gasteiger charge is -2.28. The summed E-state index contributed by atoms with van der Waals surface area (Å²) in [7, 11) is 0. The molecule has 32 heavy (non-hydrogen) atoms. The summed E-state index contributed by atoms with van der Waals surface area (Å²) < 4.78 is 47.8. The van der Waals surface area contributed by atoms with Crippen molar-refractivity contribution in [2.24, 2.45) is 0 Å². The summed E-state index contributed by atoms with van der Waals surface area (Å²) in [5.74, 6) is -0.830. The van der Waals surface area contributed by atoms with Gasteiger partial charge in [0.25, 0.3) is 5.91 Å². The molecule has 3 rings (SSSR count). The van der Waals surface area contributed by atoms with Crippen molar-refractivity contribution in [1.82, 2.24) is 9.88 Å². The second-order valence-corrected chi connectivity index (χ2v) is 8.02.